The number of rotatable bonds is 4. The second-order valence-corrected chi connectivity index (χ2v) is 8.36. The van der Waals surface area contributed by atoms with Crippen LogP contribution in [0.25, 0.3) is 17.1 Å². The number of nitriles is 1. The van der Waals surface area contributed by atoms with E-state index < -0.39 is 0 Å². The van der Waals surface area contributed by atoms with Gasteiger partial charge >= 0.3 is 0 Å². The third-order valence-corrected chi connectivity index (χ3v) is 6.20. The van der Waals surface area contributed by atoms with Gasteiger partial charge in [-0.05, 0) is 61.9 Å². The number of aromatic nitrogens is 2. The summed E-state index contributed by atoms with van der Waals surface area (Å²) in [6, 6.07) is 21.4. The number of nitrogen functional groups attached to an aromatic ring is 1. The zero-order valence-electron chi connectivity index (χ0n) is 18.0. The average Bonchev–Trinajstić information content (AvgIpc) is 3.37. The minimum atomic E-state index is -0.205. The smallest absolute Gasteiger partial charge is 0.211 e. The minimum absolute atomic E-state index is 0.205. The molecule has 0 unspecified atom stereocenters. The number of benzene rings is 2. The Hall–Kier alpha value is -4.04. The summed E-state index contributed by atoms with van der Waals surface area (Å²) in [5.41, 5.74) is 13.7. The topological polar surface area (TPSA) is 87.6 Å². The monoisotopic (exact) mass is 420 g/mol. The third kappa shape index (κ3) is 3.21. The van der Waals surface area contributed by atoms with Crippen molar-refractivity contribution in [1.29, 1.82) is 5.26 Å². The maximum Gasteiger partial charge on any atom is 0.211 e. The molecule has 0 radical (unpaired) electrons. The largest absolute Gasteiger partial charge is 0.396 e. The van der Waals surface area contributed by atoms with Crippen LogP contribution in [0.15, 0.2) is 60.7 Å². The summed E-state index contributed by atoms with van der Waals surface area (Å²) in [4.78, 5) is 17.2. The maximum atomic E-state index is 13.6. The number of carbonyl (C=O) groups is 1. The normalized spacial score (nSPS) is 12.9. The molecule has 5 rings (SSSR count). The maximum absolute atomic E-state index is 13.6. The van der Waals surface area contributed by atoms with Crippen LogP contribution in [0.3, 0.4) is 0 Å². The molecule has 0 saturated carbocycles. The van der Waals surface area contributed by atoms with Gasteiger partial charge in [0.25, 0.3) is 0 Å². The number of ketones is 1. The molecule has 0 spiro atoms. The van der Waals surface area contributed by atoms with Crippen molar-refractivity contribution in [3.05, 3.63) is 94.3 Å². The molecule has 2 aromatic heterocycles. The molecule has 2 heterocycles. The second kappa shape index (κ2) is 7.90. The van der Waals surface area contributed by atoms with Gasteiger partial charge in [0.05, 0.1) is 17.1 Å². The highest BCUT2D eigenvalue weighted by atomic mass is 16.1. The van der Waals surface area contributed by atoms with Gasteiger partial charge in [0, 0.05) is 16.9 Å². The number of nitrogens with two attached hydrogens (primary N) is 1. The zero-order valence-corrected chi connectivity index (χ0v) is 18.0. The van der Waals surface area contributed by atoms with E-state index in [4.69, 9.17) is 5.73 Å². The van der Waals surface area contributed by atoms with Gasteiger partial charge < -0.3 is 15.3 Å². The third-order valence-electron chi connectivity index (χ3n) is 6.20. The van der Waals surface area contributed by atoms with Gasteiger partial charge in [-0.1, -0.05) is 42.5 Å². The molecule has 0 aliphatic heterocycles. The summed E-state index contributed by atoms with van der Waals surface area (Å²) >= 11 is 0. The Morgan fingerprint density at radius 1 is 1.06 bits per heavy atom. The van der Waals surface area contributed by atoms with Gasteiger partial charge in [-0.2, -0.15) is 5.26 Å². The highest BCUT2D eigenvalue weighted by molar-refractivity contribution is 6.13. The quantitative estimate of drug-likeness (QED) is 0.437. The molecule has 32 heavy (non-hydrogen) atoms. The van der Waals surface area contributed by atoms with Crippen LogP contribution in [-0.4, -0.2) is 15.3 Å². The lowest BCUT2D eigenvalue weighted by molar-refractivity contribution is 0.103. The molecule has 2 aromatic carbocycles. The molecule has 0 amide bonds. The summed E-state index contributed by atoms with van der Waals surface area (Å²) in [6.07, 6.45) is 4.32. The fourth-order valence-corrected chi connectivity index (χ4v) is 4.66. The van der Waals surface area contributed by atoms with Gasteiger partial charge in [-0.25, -0.2) is 0 Å². The summed E-state index contributed by atoms with van der Waals surface area (Å²) in [7, 11) is 0. The molecule has 1 aliphatic carbocycles. The van der Waals surface area contributed by atoms with Crippen molar-refractivity contribution in [2.24, 2.45) is 0 Å². The molecular formula is C27H24N4O. The van der Waals surface area contributed by atoms with E-state index >= 15 is 0 Å². The molecule has 5 nitrogen and oxygen atoms in total. The highest BCUT2D eigenvalue weighted by Crippen LogP contribution is 2.38. The van der Waals surface area contributed by atoms with Crippen LogP contribution in [0.5, 0.6) is 0 Å². The Balaban J connectivity index is 1.83. The van der Waals surface area contributed by atoms with E-state index in [0.29, 0.717) is 22.5 Å². The van der Waals surface area contributed by atoms with Crippen molar-refractivity contribution in [2.75, 3.05) is 5.73 Å². The van der Waals surface area contributed by atoms with E-state index in [1.807, 2.05) is 54.0 Å². The number of hydrogen-bond acceptors (Lipinski definition) is 3. The number of aromatic amines is 1. The van der Waals surface area contributed by atoms with Gasteiger partial charge in [0.2, 0.25) is 5.78 Å². The van der Waals surface area contributed by atoms with E-state index in [1.165, 1.54) is 11.3 Å². The summed E-state index contributed by atoms with van der Waals surface area (Å²) in [5, 5.41) is 10.1. The average molecular weight is 421 g/mol. The zero-order chi connectivity index (χ0) is 22.2. The molecule has 5 heteroatoms. The summed E-state index contributed by atoms with van der Waals surface area (Å²) in [6.45, 7) is 2.01. The number of nitrogens with one attached hydrogen (secondary N) is 1. The van der Waals surface area contributed by atoms with E-state index in [9.17, 15) is 10.1 Å². The first-order chi connectivity index (χ1) is 15.6. The van der Waals surface area contributed by atoms with Gasteiger partial charge in [-0.15, -0.1) is 0 Å². The number of aryl methyl sites for hydroxylation is 3. The first-order valence-corrected chi connectivity index (χ1v) is 10.9. The van der Waals surface area contributed by atoms with Crippen molar-refractivity contribution >= 4 is 11.5 Å². The van der Waals surface area contributed by atoms with Crippen LogP contribution in [-0.2, 0) is 12.8 Å². The predicted octanol–water partition coefficient (Wildman–Crippen LogP) is 5.34. The van der Waals surface area contributed by atoms with Crippen molar-refractivity contribution in [1.82, 2.24) is 9.55 Å². The number of nitrogens with zero attached hydrogens (tertiary/aromatic N) is 2. The molecule has 3 N–H and O–H groups in total. The molecule has 0 saturated heterocycles. The van der Waals surface area contributed by atoms with Crippen LogP contribution in [0, 0.1) is 18.3 Å². The Labute approximate surface area is 187 Å². The Morgan fingerprint density at radius 3 is 2.56 bits per heavy atom. The van der Waals surface area contributed by atoms with Gasteiger partial charge in [0.1, 0.15) is 17.3 Å². The van der Waals surface area contributed by atoms with E-state index in [0.717, 1.165) is 42.6 Å². The first kappa shape index (κ1) is 19.9. The van der Waals surface area contributed by atoms with Gasteiger partial charge in [-0.3, -0.25) is 4.79 Å². The number of carbonyl (C=O) groups excluding carboxylic acids is 1. The predicted molar refractivity (Wildman–Crippen MR) is 126 cm³/mol. The Morgan fingerprint density at radius 2 is 1.84 bits per heavy atom. The summed E-state index contributed by atoms with van der Waals surface area (Å²) < 4.78 is 1.85. The number of H-pyrrole nitrogens is 1. The minimum Gasteiger partial charge on any atom is -0.396 e. The van der Waals surface area contributed by atoms with Crippen LogP contribution in [0.4, 0.5) is 5.69 Å². The van der Waals surface area contributed by atoms with Gasteiger partial charge in [0.15, 0.2) is 0 Å². The van der Waals surface area contributed by atoms with Crippen LogP contribution < -0.4 is 5.73 Å². The lowest BCUT2D eigenvalue weighted by atomic mass is 9.98. The molecule has 158 valence electrons. The fraction of sp³-hybridized carbons (Fsp3) is 0.185. The Bertz CT molecular complexity index is 1350. The van der Waals surface area contributed by atoms with E-state index in [2.05, 4.69) is 17.1 Å². The van der Waals surface area contributed by atoms with Crippen molar-refractivity contribution in [2.45, 2.75) is 32.6 Å². The highest BCUT2D eigenvalue weighted by Gasteiger charge is 2.29. The summed E-state index contributed by atoms with van der Waals surface area (Å²) in [5.74, 6) is -0.205. The molecule has 1 aliphatic rings. The van der Waals surface area contributed by atoms with Crippen molar-refractivity contribution in [3.63, 3.8) is 0 Å². The lowest BCUT2D eigenvalue weighted by Crippen LogP contribution is -2.12. The van der Waals surface area contributed by atoms with Crippen LogP contribution in [0.1, 0.15) is 51.3 Å². The second-order valence-electron chi connectivity index (χ2n) is 8.36. The Kier molecular flexibility index (Phi) is 4.91. The first-order valence-electron chi connectivity index (χ1n) is 10.9. The van der Waals surface area contributed by atoms with Crippen LogP contribution >= 0.6 is 0 Å². The lowest BCUT2D eigenvalue weighted by Gasteiger charge is -2.14. The molecule has 4 aromatic rings. The molecular weight excluding hydrogens is 396 g/mol. The molecule has 0 fully saturated rings. The van der Waals surface area contributed by atoms with Crippen molar-refractivity contribution < 1.29 is 4.79 Å². The van der Waals surface area contributed by atoms with Crippen LogP contribution in [0.2, 0.25) is 0 Å². The molecule has 0 bridgehead atoms. The standard InChI is InChI=1S/C27H24N4O/c1-17-8-7-12-20(14-17)31-25(23-15-19-11-5-6-13-22(19)30-23)21(16-28)24(29)26(31)27(32)18-9-3-2-4-10-18/h2-4,7-10,12,14-15,30H,5-6,11,13,29H2,1H3. The number of fused-ring (bicyclic) bond motifs is 1. The van der Waals surface area contributed by atoms with E-state index in [1.54, 1.807) is 12.1 Å². The van der Waals surface area contributed by atoms with Crippen molar-refractivity contribution in [3.8, 4) is 23.1 Å². The number of hydrogen-bond donors (Lipinski definition) is 2. The molecule has 0 atom stereocenters. The number of anilines is 1. The fourth-order valence-electron chi connectivity index (χ4n) is 4.66. The SMILES string of the molecule is Cc1cccc(-n2c(C(=O)c3ccccc3)c(N)c(C#N)c2-c2cc3c([nH]2)CCCC3)c1. The van der Waals surface area contributed by atoms with E-state index in [-0.39, 0.29) is 11.5 Å².